The average molecular weight is 293 g/mol. The number of nitrogens with zero attached hydrogens (tertiary/aromatic N) is 1. The zero-order valence-corrected chi connectivity index (χ0v) is 13.0. The van der Waals surface area contributed by atoms with Crippen molar-refractivity contribution >= 4 is 28.7 Å². The molecule has 0 spiro atoms. The van der Waals surface area contributed by atoms with E-state index in [1.165, 1.54) is 37.8 Å². The molecule has 0 N–H and O–H groups in total. The van der Waals surface area contributed by atoms with E-state index in [1.54, 1.807) is 0 Å². The molecule has 1 nitrogen and oxygen atoms in total. The van der Waals surface area contributed by atoms with Gasteiger partial charge in [0.25, 0.3) is 0 Å². The minimum absolute atomic E-state index is 0. The van der Waals surface area contributed by atoms with E-state index in [9.17, 15) is 0 Å². The van der Waals surface area contributed by atoms with Crippen LogP contribution in [0.1, 0.15) is 32.1 Å². The van der Waals surface area contributed by atoms with Crippen molar-refractivity contribution in [1.29, 1.82) is 0 Å². The summed E-state index contributed by atoms with van der Waals surface area (Å²) in [5.41, 5.74) is 1.31. The summed E-state index contributed by atoms with van der Waals surface area (Å²) in [4.78, 5) is 2.41. The predicted molar refractivity (Wildman–Crippen MR) is 66.3 cm³/mol. The molecule has 2 rings (SSSR count). The van der Waals surface area contributed by atoms with Crippen LogP contribution < -0.4 is 21.9 Å². The molecule has 0 amide bonds. The van der Waals surface area contributed by atoms with Crippen molar-refractivity contribution in [3.05, 3.63) is 30.3 Å². The molecule has 16 heavy (non-hydrogen) atoms. The van der Waals surface area contributed by atoms with Gasteiger partial charge >= 0.3 is 23.1 Å². The summed E-state index contributed by atoms with van der Waals surface area (Å²) < 4.78 is 0. The van der Waals surface area contributed by atoms with E-state index in [4.69, 9.17) is 0 Å². The largest absolute Gasteiger partial charge is 2.00 e. The Bertz CT molecular complexity index is 273. The molecule has 0 unspecified atom stereocenters. The van der Waals surface area contributed by atoms with Gasteiger partial charge in [-0.2, -0.15) is 24.3 Å². The van der Waals surface area contributed by atoms with Crippen molar-refractivity contribution in [2.45, 2.75) is 38.1 Å². The molecule has 1 aromatic carbocycles. The van der Waals surface area contributed by atoms with Crippen molar-refractivity contribution in [2.75, 3.05) is 11.9 Å². The van der Waals surface area contributed by atoms with Crippen LogP contribution in [0.5, 0.6) is 0 Å². The molecule has 0 radical (unpaired) electrons. The van der Waals surface area contributed by atoms with Crippen molar-refractivity contribution in [2.24, 2.45) is 0 Å². The Morgan fingerprint density at radius 3 is 2.50 bits per heavy atom. The quantitative estimate of drug-likeness (QED) is 0.543. The summed E-state index contributed by atoms with van der Waals surface area (Å²) in [5, 5.41) is 0. The second-order valence-electron chi connectivity index (χ2n) is 4.16. The molecule has 1 saturated carbocycles. The summed E-state index contributed by atoms with van der Waals surface area (Å²) in [7, 11) is 2.21. The van der Waals surface area contributed by atoms with Crippen molar-refractivity contribution in [3.63, 3.8) is 0 Å². The van der Waals surface area contributed by atoms with Crippen LogP contribution in [0, 0.1) is 6.07 Å². The van der Waals surface area contributed by atoms with E-state index >= 15 is 0 Å². The Morgan fingerprint density at radius 1 is 1.25 bits per heavy atom. The number of hydrogen-bond donors (Lipinski definition) is 0. The van der Waals surface area contributed by atoms with E-state index in [-0.39, 0.29) is 40.0 Å². The smallest absolute Gasteiger partial charge is 1.00 e. The maximum atomic E-state index is 3.14. The Balaban J connectivity index is 0.00000112. The van der Waals surface area contributed by atoms with Crippen molar-refractivity contribution in [3.8, 4) is 0 Å². The second-order valence-corrected chi connectivity index (χ2v) is 4.16. The molecule has 1 aliphatic carbocycles. The van der Waals surface area contributed by atoms with Crippen LogP contribution in [0.25, 0.3) is 0 Å². The number of halogens is 1. The van der Waals surface area contributed by atoms with Gasteiger partial charge < -0.3 is 21.9 Å². The Hall–Kier alpha value is 0.266. The predicted octanol–water partition coefficient (Wildman–Crippen LogP) is -0.121. The molecule has 0 aliphatic heterocycles. The van der Waals surface area contributed by atoms with Gasteiger partial charge in [0, 0.05) is 6.04 Å². The first-order valence-electron chi connectivity index (χ1n) is 5.57. The fraction of sp³-hybridized carbons (Fsp3) is 0.538. The normalized spacial score (nSPS) is 15.8. The summed E-state index contributed by atoms with van der Waals surface area (Å²) in [6, 6.07) is 12.2. The maximum Gasteiger partial charge on any atom is 2.00 e. The Kier molecular flexibility index (Phi) is 8.51. The van der Waals surface area contributed by atoms with Crippen LogP contribution in [0.15, 0.2) is 24.3 Å². The first kappa shape index (κ1) is 16.3. The zero-order valence-electron chi connectivity index (χ0n) is 9.95. The molecule has 1 aromatic rings. The third-order valence-corrected chi connectivity index (χ3v) is 3.22. The van der Waals surface area contributed by atoms with Crippen LogP contribution in [0.3, 0.4) is 0 Å². The minimum atomic E-state index is 0. The summed E-state index contributed by atoms with van der Waals surface area (Å²) in [6.07, 6.45) is 6.92. The summed E-state index contributed by atoms with van der Waals surface area (Å²) >= 11 is 0. The molecule has 3 heteroatoms. The van der Waals surface area contributed by atoms with Gasteiger partial charge in [0.2, 0.25) is 0 Å². The molecule has 84 valence electrons. The Labute approximate surface area is 126 Å². The van der Waals surface area contributed by atoms with Gasteiger partial charge in [-0.05, 0) is 19.9 Å². The fourth-order valence-electron chi connectivity index (χ4n) is 2.28. The molecule has 0 saturated heterocycles. The van der Waals surface area contributed by atoms with Crippen molar-refractivity contribution in [1.82, 2.24) is 0 Å². The van der Waals surface area contributed by atoms with Crippen LogP contribution in [-0.4, -0.2) is 36.1 Å². The minimum Gasteiger partial charge on any atom is -1.00 e. The monoisotopic (exact) mass is 291 g/mol. The third-order valence-electron chi connectivity index (χ3n) is 3.22. The zero-order chi connectivity index (χ0) is 9.80. The first-order valence-corrected chi connectivity index (χ1v) is 5.57. The third kappa shape index (κ3) is 4.26. The molecule has 0 atom stereocenters. The van der Waals surface area contributed by atoms with Crippen LogP contribution >= 0.6 is 0 Å². The van der Waals surface area contributed by atoms with Gasteiger partial charge in [-0.25, -0.2) is 0 Å². The number of rotatable bonds is 2. The van der Waals surface area contributed by atoms with E-state index in [0.717, 1.165) is 6.04 Å². The van der Waals surface area contributed by atoms with Gasteiger partial charge in [-0.1, -0.05) is 24.9 Å². The van der Waals surface area contributed by atoms with Gasteiger partial charge in [0.05, 0.1) is 0 Å². The van der Waals surface area contributed by atoms with Gasteiger partial charge in [0.1, 0.15) is 0 Å². The SMILES string of the molecule is CN(c1c[c-]ccc1)C1CCCCC1.[Br-].[Mg+2]. The van der Waals surface area contributed by atoms with Gasteiger partial charge in [-0.15, -0.1) is 6.07 Å². The second kappa shape index (κ2) is 8.37. The molecule has 1 aliphatic rings. The first-order chi connectivity index (χ1) is 6.88. The topological polar surface area (TPSA) is 3.24 Å². The van der Waals surface area contributed by atoms with Crippen LogP contribution in [0.2, 0.25) is 0 Å². The average Bonchev–Trinajstić information content (AvgIpc) is 2.30. The number of anilines is 1. The molecule has 0 heterocycles. The number of hydrogen-bond acceptors (Lipinski definition) is 1. The van der Waals surface area contributed by atoms with Crippen LogP contribution in [0.4, 0.5) is 5.69 Å². The fourth-order valence-corrected chi connectivity index (χ4v) is 2.28. The number of benzene rings is 1. The molecule has 0 bridgehead atoms. The van der Waals surface area contributed by atoms with Crippen molar-refractivity contribution < 1.29 is 17.0 Å². The molecular weight excluding hydrogens is 274 g/mol. The van der Waals surface area contributed by atoms with E-state index in [2.05, 4.69) is 36.2 Å². The van der Waals surface area contributed by atoms with Crippen LogP contribution in [-0.2, 0) is 0 Å². The summed E-state index contributed by atoms with van der Waals surface area (Å²) in [5.74, 6) is 0. The van der Waals surface area contributed by atoms with E-state index in [1.807, 2.05) is 6.07 Å². The molecular formula is C13H18BrMgN. The molecule has 1 fully saturated rings. The van der Waals surface area contributed by atoms with E-state index < -0.39 is 0 Å². The van der Waals surface area contributed by atoms with E-state index in [0.29, 0.717) is 0 Å². The molecule has 0 aromatic heterocycles. The Morgan fingerprint density at radius 2 is 1.94 bits per heavy atom. The maximum absolute atomic E-state index is 3.14. The van der Waals surface area contributed by atoms with Gasteiger partial charge in [-0.3, -0.25) is 0 Å². The summed E-state index contributed by atoms with van der Waals surface area (Å²) in [6.45, 7) is 0. The standard InChI is InChI=1S/C13H18N.BrH.Mg/c1-14(12-8-4-2-5-9-12)13-10-6-3-7-11-13;;/h2,4,8-9,13H,3,6-7,10-11H2,1H3;1H;/q-1;;+2/p-1. The van der Waals surface area contributed by atoms with Gasteiger partial charge in [0.15, 0.2) is 0 Å².